The number of ketones is 1. The average molecular weight is 890 g/mol. The molecule has 6 N–H and O–H groups in total. The van der Waals surface area contributed by atoms with Gasteiger partial charge in [0.25, 0.3) is 0 Å². The molecule has 0 radical (unpaired) electrons. The van der Waals surface area contributed by atoms with E-state index in [0.717, 1.165) is 44.9 Å². The number of nitrogens with two attached hydrogens (primary N) is 1. The Morgan fingerprint density at radius 3 is 1.74 bits per heavy atom. The molecule has 7 atom stereocenters. The zero-order valence-corrected chi connectivity index (χ0v) is 38.6. The largest absolute Gasteiger partial charge is 0.480 e. The molecule has 14 nitrogen and oxygen atoms in total. The lowest BCUT2D eigenvalue weighted by Gasteiger charge is -2.20. The van der Waals surface area contributed by atoms with Gasteiger partial charge in [-0.15, -0.1) is 0 Å². The summed E-state index contributed by atoms with van der Waals surface area (Å²) in [5.74, 6) is -3.19. The number of aliphatic carboxylic acids is 1. The molecular weight excluding hydrogens is 805 g/mol. The molecule has 0 amide bonds. The molecule has 61 heavy (non-hydrogen) atoms. The Bertz CT molecular complexity index is 1250. The van der Waals surface area contributed by atoms with Crippen LogP contribution in [0.1, 0.15) is 200 Å². The van der Waals surface area contributed by atoms with Gasteiger partial charge >= 0.3 is 25.7 Å². The quantitative estimate of drug-likeness (QED) is 0.0167. The smallest absolute Gasteiger partial charge is 0.472 e. The van der Waals surface area contributed by atoms with Gasteiger partial charge in [-0.1, -0.05) is 167 Å². The van der Waals surface area contributed by atoms with Gasteiger partial charge < -0.3 is 35.4 Å². The van der Waals surface area contributed by atoms with Gasteiger partial charge in [-0.2, -0.15) is 0 Å². The van der Waals surface area contributed by atoms with Crippen LogP contribution < -0.4 is 5.73 Å². The highest BCUT2D eigenvalue weighted by Crippen LogP contribution is 2.43. The molecule has 0 aliphatic heterocycles. The van der Waals surface area contributed by atoms with E-state index < -0.39 is 69.9 Å². The van der Waals surface area contributed by atoms with E-state index in [1.807, 2.05) is 0 Å². The first-order valence-electron chi connectivity index (χ1n) is 23.8. The van der Waals surface area contributed by atoms with E-state index in [9.17, 15) is 38.8 Å². The Morgan fingerprint density at radius 2 is 1.20 bits per heavy atom. The van der Waals surface area contributed by atoms with E-state index >= 15 is 0 Å². The van der Waals surface area contributed by atoms with Crippen molar-refractivity contribution in [1.82, 2.24) is 0 Å². The van der Waals surface area contributed by atoms with Crippen molar-refractivity contribution in [2.45, 2.75) is 224 Å². The van der Waals surface area contributed by atoms with Crippen molar-refractivity contribution in [3.63, 3.8) is 0 Å². The minimum Gasteiger partial charge on any atom is -0.480 e. The van der Waals surface area contributed by atoms with Crippen molar-refractivity contribution < 1.29 is 62.5 Å². The predicted molar refractivity (Wildman–Crippen MR) is 237 cm³/mol. The van der Waals surface area contributed by atoms with Gasteiger partial charge in [0.05, 0.1) is 25.4 Å². The highest BCUT2D eigenvalue weighted by Gasteiger charge is 2.39. The van der Waals surface area contributed by atoms with Crippen LogP contribution in [0.3, 0.4) is 0 Å². The number of unbranched alkanes of at least 4 members (excludes halogenated alkanes) is 21. The first-order chi connectivity index (χ1) is 29.3. The number of carboxylic acids is 1. The molecule has 0 aromatic rings. The Balaban J connectivity index is 2.42. The van der Waals surface area contributed by atoms with Crippen LogP contribution in [0.4, 0.5) is 0 Å². The minimum atomic E-state index is -4.78. The first kappa shape index (κ1) is 56.8. The average Bonchev–Trinajstić information content (AvgIpc) is 3.49. The first-order valence-corrected chi connectivity index (χ1v) is 25.3. The highest BCUT2D eigenvalue weighted by atomic mass is 31.2. The Hall–Kier alpha value is -2.19. The molecule has 1 aliphatic carbocycles. The number of phosphoric ester groups is 1. The maximum absolute atomic E-state index is 12.8. The molecule has 1 rings (SSSR count). The van der Waals surface area contributed by atoms with Gasteiger partial charge in [-0.05, 0) is 25.7 Å². The van der Waals surface area contributed by atoms with E-state index in [4.69, 9.17) is 24.8 Å². The predicted octanol–water partition coefficient (Wildman–Crippen LogP) is 9.43. The summed E-state index contributed by atoms with van der Waals surface area (Å²) in [4.78, 5) is 58.9. The van der Waals surface area contributed by atoms with Gasteiger partial charge in [0.15, 0.2) is 6.10 Å². The third-order valence-corrected chi connectivity index (χ3v) is 12.4. The van der Waals surface area contributed by atoms with Crippen LogP contribution in [0.15, 0.2) is 12.2 Å². The van der Waals surface area contributed by atoms with Crippen molar-refractivity contribution >= 4 is 31.5 Å². The van der Waals surface area contributed by atoms with Gasteiger partial charge in [0, 0.05) is 31.1 Å². The zero-order valence-electron chi connectivity index (χ0n) is 37.7. The van der Waals surface area contributed by atoms with Crippen LogP contribution in [0.25, 0.3) is 0 Å². The molecule has 0 spiro atoms. The van der Waals surface area contributed by atoms with Crippen LogP contribution in [0, 0.1) is 11.8 Å². The SMILES string of the molecule is CCCCCCCCCCCCCCCCCCCC(=O)OC[C@H](COP(=O)(O)OC[C@H](N)C(=O)O)OC(=O)CCCCCC[C@H]1C(=O)C[C@@H](O)[C@@H]1/C=C/[C@@H](O)CCCCC. The molecular formula is C46H84NO13P. The number of esters is 2. The lowest BCUT2D eigenvalue weighted by Crippen LogP contribution is -2.34. The van der Waals surface area contributed by atoms with Crippen molar-refractivity contribution in [2.24, 2.45) is 17.6 Å². The topological polar surface area (TPSA) is 229 Å². The summed E-state index contributed by atoms with van der Waals surface area (Å²) in [6, 6.07) is -1.56. The number of hydrogen-bond donors (Lipinski definition) is 5. The lowest BCUT2D eigenvalue weighted by molar-refractivity contribution is -0.161. The Labute approximate surface area is 367 Å². The number of phosphoric acid groups is 1. The molecule has 15 heteroatoms. The van der Waals surface area contributed by atoms with E-state index in [2.05, 4.69) is 18.4 Å². The number of aliphatic hydroxyl groups is 2. The fraction of sp³-hybridized carbons (Fsp3) is 0.870. The summed E-state index contributed by atoms with van der Waals surface area (Å²) in [5.41, 5.74) is 5.34. The van der Waals surface area contributed by atoms with E-state index in [1.165, 1.54) is 83.5 Å². The number of carbonyl (C=O) groups is 4. The Morgan fingerprint density at radius 1 is 0.721 bits per heavy atom. The minimum absolute atomic E-state index is 0.0166. The van der Waals surface area contributed by atoms with Gasteiger partial charge in [-0.3, -0.25) is 28.2 Å². The van der Waals surface area contributed by atoms with Crippen LogP contribution in [0.5, 0.6) is 0 Å². The van der Waals surface area contributed by atoms with E-state index in [1.54, 1.807) is 12.2 Å². The van der Waals surface area contributed by atoms with Gasteiger partial charge in [0.1, 0.15) is 18.4 Å². The third kappa shape index (κ3) is 30.5. The third-order valence-electron chi connectivity index (χ3n) is 11.4. The van der Waals surface area contributed by atoms with Crippen molar-refractivity contribution in [3.05, 3.63) is 12.2 Å². The van der Waals surface area contributed by atoms with Crippen LogP contribution >= 0.6 is 7.82 Å². The van der Waals surface area contributed by atoms with E-state index in [-0.39, 0.29) is 36.9 Å². The zero-order chi connectivity index (χ0) is 45.1. The summed E-state index contributed by atoms with van der Waals surface area (Å²) in [6.07, 6.45) is 28.9. The second-order valence-corrected chi connectivity index (χ2v) is 18.5. The van der Waals surface area contributed by atoms with Crippen molar-refractivity contribution in [1.29, 1.82) is 0 Å². The summed E-state index contributed by atoms with van der Waals surface area (Å²) >= 11 is 0. The normalized spacial score (nSPS) is 19.2. The molecule has 356 valence electrons. The maximum Gasteiger partial charge on any atom is 0.472 e. The van der Waals surface area contributed by atoms with Crippen LogP contribution in [-0.4, -0.2) is 88.1 Å². The number of ether oxygens (including phenoxy) is 2. The molecule has 1 fully saturated rings. The number of carbonyl (C=O) groups excluding carboxylic acids is 3. The molecule has 1 saturated carbocycles. The molecule has 1 aliphatic rings. The lowest BCUT2D eigenvalue weighted by atomic mass is 9.88. The summed E-state index contributed by atoms with van der Waals surface area (Å²) in [6.45, 7) is 2.49. The molecule has 1 unspecified atom stereocenters. The summed E-state index contributed by atoms with van der Waals surface area (Å²) < 4.78 is 32.8. The number of aliphatic hydroxyl groups excluding tert-OH is 2. The standard InChI is InChI=1S/C46H84NO13P/c1-3-5-7-8-9-10-11-12-13-14-15-16-17-18-19-20-25-29-44(51)57-34-38(35-58-61(55,56)59-36-41(47)46(53)54)60-45(52)30-26-22-21-24-28-39-40(43(50)33-42(39)49)32-31-37(48)27-23-6-4-2/h31-32,37-41,43,48,50H,3-30,33-36,47H2,1-2H3,(H,53,54)(H,55,56)/b32-31+/t37-,38+,39+,40+,41-,43+/m0/s1. The number of carboxylic acid groups (broad SMARTS) is 1. The summed E-state index contributed by atoms with van der Waals surface area (Å²) in [7, 11) is -4.78. The fourth-order valence-corrected chi connectivity index (χ4v) is 8.39. The second-order valence-electron chi connectivity index (χ2n) is 17.0. The number of rotatable bonds is 41. The van der Waals surface area contributed by atoms with Crippen LogP contribution in [0.2, 0.25) is 0 Å². The molecule has 0 heterocycles. The second kappa shape index (κ2) is 36.2. The highest BCUT2D eigenvalue weighted by molar-refractivity contribution is 7.47. The van der Waals surface area contributed by atoms with Crippen LogP contribution in [-0.2, 0) is 42.3 Å². The Kier molecular flexibility index (Phi) is 33.7. The number of hydrogen-bond acceptors (Lipinski definition) is 12. The molecule has 0 saturated heterocycles. The van der Waals surface area contributed by atoms with Crippen molar-refractivity contribution in [3.8, 4) is 0 Å². The van der Waals surface area contributed by atoms with E-state index in [0.29, 0.717) is 38.5 Å². The maximum atomic E-state index is 12.8. The molecule has 0 aromatic carbocycles. The summed E-state index contributed by atoms with van der Waals surface area (Å²) in [5, 5.41) is 29.7. The molecule has 0 aromatic heterocycles. The number of Topliss-reactive ketones (excluding diaryl/α,β-unsaturated/α-hetero) is 1. The van der Waals surface area contributed by atoms with Gasteiger partial charge in [-0.25, -0.2) is 4.57 Å². The fourth-order valence-electron chi connectivity index (χ4n) is 7.61. The monoisotopic (exact) mass is 890 g/mol. The van der Waals surface area contributed by atoms with Crippen molar-refractivity contribution in [2.75, 3.05) is 19.8 Å². The van der Waals surface area contributed by atoms with Gasteiger partial charge in [0.2, 0.25) is 0 Å². The molecule has 0 bridgehead atoms.